The molecule has 0 aromatic heterocycles. The molecule has 4 heteroatoms. The van der Waals surface area contributed by atoms with E-state index >= 15 is 0 Å². The van der Waals surface area contributed by atoms with E-state index in [2.05, 4.69) is 0 Å². The van der Waals surface area contributed by atoms with Gasteiger partial charge in [-0.15, -0.1) is 0 Å². The zero-order valence-corrected chi connectivity index (χ0v) is 10.8. The smallest absolute Gasteiger partial charge is 0.309 e. The highest BCUT2D eigenvalue weighted by Crippen LogP contribution is 2.23. The van der Waals surface area contributed by atoms with E-state index < -0.39 is 11.4 Å². The Balaban J connectivity index is 2.20. The summed E-state index contributed by atoms with van der Waals surface area (Å²) >= 11 is 0. The topological polar surface area (TPSA) is 46.5 Å². The lowest BCUT2D eigenvalue weighted by atomic mass is 9.87. The molecule has 0 bridgehead atoms. The molecule has 0 aliphatic rings. The second-order valence-electron chi connectivity index (χ2n) is 4.95. The van der Waals surface area contributed by atoms with E-state index in [1.165, 1.54) is 12.1 Å². The van der Waals surface area contributed by atoms with Crippen molar-refractivity contribution in [3.8, 4) is 5.75 Å². The number of halogens is 1. The summed E-state index contributed by atoms with van der Waals surface area (Å²) in [5.74, 6) is -0.429. The first kappa shape index (κ1) is 14.5. The number of benzene rings is 1. The average molecular weight is 254 g/mol. The molecule has 3 nitrogen and oxygen atoms in total. The quantitative estimate of drug-likeness (QED) is 0.758. The normalized spacial score (nSPS) is 11.3. The number of carboxylic acids is 1. The Hall–Kier alpha value is -1.58. The van der Waals surface area contributed by atoms with E-state index in [9.17, 15) is 9.18 Å². The Morgan fingerprint density at radius 1 is 1.28 bits per heavy atom. The number of aliphatic carboxylic acids is 1. The molecule has 0 fully saturated rings. The van der Waals surface area contributed by atoms with Crippen LogP contribution in [0.1, 0.15) is 33.1 Å². The van der Waals surface area contributed by atoms with Crippen LogP contribution in [0.15, 0.2) is 24.3 Å². The molecule has 0 radical (unpaired) electrons. The van der Waals surface area contributed by atoms with E-state index in [1.54, 1.807) is 26.0 Å². The van der Waals surface area contributed by atoms with Crippen molar-refractivity contribution in [2.45, 2.75) is 33.1 Å². The third-order valence-electron chi connectivity index (χ3n) is 2.86. The van der Waals surface area contributed by atoms with Gasteiger partial charge in [-0.3, -0.25) is 4.79 Å². The monoisotopic (exact) mass is 254 g/mol. The second-order valence-corrected chi connectivity index (χ2v) is 4.95. The third-order valence-corrected chi connectivity index (χ3v) is 2.86. The molecule has 0 saturated heterocycles. The molecular weight excluding hydrogens is 235 g/mol. The van der Waals surface area contributed by atoms with Crippen molar-refractivity contribution in [1.29, 1.82) is 0 Å². The lowest BCUT2D eigenvalue weighted by Gasteiger charge is -2.18. The Labute approximate surface area is 107 Å². The summed E-state index contributed by atoms with van der Waals surface area (Å²) in [5, 5.41) is 8.94. The van der Waals surface area contributed by atoms with E-state index in [4.69, 9.17) is 9.84 Å². The molecule has 1 aromatic rings. The van der Waals surface area contributed by atoms with Gasteiger partial charge in [0, 0.05) is 0 Å². The minimum absolute atomic E-state index is 0.287. The minimum atomic E-state index is -0.776. The first-order valence-corrected chi connectivity index (χ1v) is 6.03. The fraction of sp³-hybridized carbons (Fsp3) is 0.500. The van der Waals surface area contributed by atoms with Crippen LogP contribution in [-0.4, -0.2) is 17.7 Å². The predicted molar refractivity (Wildman–Crippen MR) is 67.2 cm³/mol. The van der Waals surface area contributed by atoms with Crippen molar-refractivity contribution in [1.82, 2.24) is 0 Å². The van der Waals surface area contributed by atoms with Gasteiger partial charge in [-0.2, -0.15) is 0 Å². The molecule has 0 saturated carbocycles. The Bertz CT molecular complexity index is 385. The van der Waals surface area contributed by atoms with Gasteiger partial charge in [0.1, 0.15) is 11.6 Å². The van der Waals surface area contributed by atoms with Gasteiger partial charge in [0.15, 0.2) is 0 Å². The number of hydrogen-bond donors (Lipinski definition) is 1. The summed E-state index contributed by atoms with van der Waals surface area (Å²) in [7, 11) is 0. The van der Waals surface area contributed by atoms with Crippen LogP contribution in [0.4, 0.5) is 4.39 Å². The summed E-state index contributed by atoms with van der Waals surface area (Å²) in [6, 6.07) is 5.86. The van der Waals surface area contributed by atoms with E-state index in [0.717, 1.165) is 12.8 Å². The Kier molecular flexibility index (Phi) is 5.13. The van der Waals surface area contributed by atoms with Crippen LogP contribution in [0.2, 0.25) is 0 Å². The molecule has 0 aliphatic heterocycles. The number of carbonyl (C=O) groups is 1. The van der Waals surface area contributed by atoms with Crippen LogP contribution in [0, 0.1) is 11.2 Å². The van der Waals surface area contributed by atoms with Crippen molar-refractivity contribution < 1.29 is 19.0 Å². The molecule has 1 N–H and O–H groups in total. The Morgan fingerprint density at radius 3 is 2.44 bits per heavy atom. The highest BCUT2D eigenvalue weighted by molar-refractivity contribution is 5.73. The largest absolute Gasteiger partial charge is 0.494 e. The maximum absolute atomic E-state index is 12.6. The zero-order chi connectivity index (χ0) is 13.6. The van der Waals surface area contributed by atoms with E-state index in [-0.39, 0.29) is 5.82 Å². The van der Waals surface area contributed by atoms with Gasteiger partial charge in [-0.25, -0.2) is 4.39 Å². The van der Waals surface area contributed by atoms with Crippen LogP contribution < -0.4 is 4.74 Å². The molecule has 0 amide bonds. The molecule has 1 rings (SSSR count). The van der Waals surface area contributed by atoms with E-state index in [0.29, 0.717) is 18.8 Å². The summed E-state index contributed by atoms with van der Waals surface area (Å²) in [4.78, 5) is 10.9. The SMILES string of the molecule is CC(C)(CCCCOc1ccc(F)cc1)C(=O)O. The van der Waals surface area contributed by atoms with Crippen molar-refractivity contribution >= 4 is 5.97 Å². The summed E-state index contributed by atoms with van der Waals surface area (Å²) < 4.78 is 18.0. The number of unbranched alkanes of at least 4 members (excludes halogenated alkanes) is 1. The van der Waals surface area contributed by atoms with Gasteiger partial charge >= 0.3 is 5.97 Å². The van der Waals surface area contributed by atoms with Gasteiger partial charge in [-0.1, -0.05) is 0 Å². The summed E-state index contributed by atoms with van der Waals surface area (Å²) in [6.07, 6.45) is 2.20. The highest BCUT2D eigenvalue weighted by atomic mass is 19.1. The first-order chi connectivity index (χ1) is 8.42. The van der Waals surface area contributed by atoms with Gasteiger partial charge in [0.05, 0.1) is 12.0 Å². The summed E-state index contributed by atoms with van der Waals surface area (Å²) in [5.41, 5.74) is -0.685. The molecule has 0 aliphatic carbocycles. The van der Waals surface area contributed by atoms with E-state index in [1.807, 2.05) is 0 Å². The molecule has 18 heavy (non-hydrogen) atoms. The second kappa shape index (κ2) is 6.38. The molecule has 0 atom stereocenters. The van der Waals surface area contributed by atoms with Gasteiger partial charge in [0.25, 0.3) is 0 Å². The number of ether oxygens (including phenoxy) is 1. The number of hydrogen-bond acceptors (Lipinski definition) is 2. The molecule has 0 unspecified atom stereocenters. The molecule has 0 heterocycles. The van der Waals surface area contributed by atoms with Gasteiger partial charge in [-0.05, 0) is 57.4 Å². The Morgan fingerprint density at radius 2 is 1.89 bits per heavy atom. The molecule has 1 aromatic carbocycles. The average Bonchev–Trinajstić information content (AvgIpc) is 2.31. The lowest BCUT2D eigenvalue weighted by Crippen LogP contribution is -2.23. The fourth-order valence-electron chi connectivity index (χ4n) is 1.50. The lowest BCUT2D eigenvalue weighted by molar-refractivity contribution is -0.147. The van der Waals surface area contributed by atoms with Crippen molar-refractivity contribution in [2.24, 2.45) is 5.41 Å². The zero-order valence-electron chi connectivity index (χ0n) is 10.8. The van der Waals surface area contributed by atoms with Gasteiger partial charge in [0.2, 0.25) is 0 Å². The third kappa shape index (κ3) is 4.73. The molecule has 0 spiro atoms. The predicted octanol–water partition coefficient (Wildman–Crippen LogP) is 3.49. The van der Waals surface area contributed by atoms with Crippen LogP contribution in [-0.2, 0) is 4.79 Å². The van der Waals surface area contributed by atoms with Crippen LogP contribution in [0.5, 0.6) is 5.75 Å². The standard InChI is InChI=1S/C14H19FO3/c1-14(2,13(16)17)9-3-4-10-18-12-7-5-11(15)6-8-12/h5-8H,3-4,9-10H2,1-2H3,(H,16,17). The van der Waals surface area contributed by atoms with Crippen molar-refractivity contribution in [3.05, 3.63) is 30.1 Å². The fourth-order valence-corrected chi connectivity index (χ4v) is 1.50. The van der Waals surface area contributed by atoms with Crippen LogP contribution in [0.3, 0.4) is 0 Å². The van der Waals surface area contributed by atoms with Crippen LogP contribution >= 0.6 is 0 Å². The molecule has 100 valence electrons. The van der Waals surface area contributed by atoms with Crippen molar-refractivity contribution in [3.63, 3.8) is 0 Å². The minimum Gasteiger partial charge on any atom is -0.494 e. The molecular formula is C14H19FO3. The maximum Gasteiger partial charge on any atom is 0.309 e. The number of rotatable bonds is 7. The summed E-state index contributed by atoms with van der Waals surface area (Å²) in [6.45, 7) is 3.95. The first-order valence-electron chi connectivity index (χ1n) is 6.03. The van der Waals surface area contributed by atoms with Gasteiger partial charge < -0.3 is 9.84 Å². The maximum atomic E-state index is 12.6. The van der Waals surface area contributed by atoms with Crippen LogP contribution in [0.25, 0.3) is 0 Å². The highest BCUT2D eigenvalue weighted by Gasteiger charge is 2.25. The van der Waals surface area contributed by atoms with Crippen molar-refractivity contribution in [2.75, 3.05) is 6.61 Å². The number of carboxylic acid groups (broad SMARTS) is 1.